The van der Waals surface area contributed by atoms with Crippen molar-refractivity contribution >= 4 is 32.5 Å². The van der Waals surface area contributed by atoms with Crippen molar-refractivity contribution in [2.24, 2.45) is 0 Å². The van der Waals surface area contributed by atoms with Gasteiger partial charge in [0.15, 0.2) is 0 Å². The number of anilines is 2. The van der Waals surface area contributed by atoms with Crippen molar-refractivity contribution in [2.75, 3.05) is 16.2 Å². The van der Waals surface area contributed by atoms with Gasteiger partial charge in [0.25, 0.3) is 15.8 Å². The number of H-pyrrole nitrogens is 1. The number of rotatable bonds is 7. The van der Waals surface area contributed by atoms with Gasteiger partial charge in [0.05, 0.1) is 5.69 Å². The molecule has 0 saturated heterocycles. The van der Waals surface area contributed by atoms with Gasteiger partial charge >= 0.3 is 0 Å². The number of aromatic amines is 1. The predicted octanol–water partition coefficient (Wildman–Crippen LogP) is 4.64. The van der Waals surface area contributed by atoms with E-state index in [0.717, 1.165) is 16.7 Å². The van der Waals surface area contributed by atoms with Crippen LogP contribution in [0.4, 0.5) is 11.5 Å². The summed E-state index contributed by atoms with van der Waals surface area (Å²) in [7, 11) is -3.66. The Morgan fingerprint density at radius 2 is 1.77 bits per heavy atom. The van der Waals surface area contributed by atoms with E-state index in [9.17, 15) is 8.42 Å². The molecule has 2 aromatic heterocycles. The predicted molar refractivity (Wildman–Crippen MR) is 118 cm³/mol. The van der Waals surface area contributed by atoms with Crippen LogP contribution in [0.15, 0.2) is 88.3 Å². The molecule has 0 saturated carbocycles. The summed E-state index contributed by atoms with van der Waals surface area (Å²) in [6.45, 7) is 4.15. The van der Waals surface area contributed by atoms with Gasteiger partial charge in [-0.15, -0.1) is 0 Å². The number of para-hydroxylation sites is 2. The zero-order valence-corrected chi connectivity index (χ0v) is 17.7. The van der Waals surface area contributed by atoms with E-state index in [0.29, 0.717) is 18.1 Å². The lowest BCUT2D eigenvalue weighted by atomic mass is 10.2. The molecule has 4 aromatic rings. The lowest BCUT2D eigenvalue weighted by Crippen LogP contribution is -2.31. The quantitative estimate of drug-likeness (QED) is 0.471. The SMILES string of the molecule is CCN(c1ccccc1)S(=O)(=O)c1ccc(N[C@H](C)c2cc3ccccc3o2)[nH+]c1. The molecule has 4 rings (SSSR count). The van der Waals surface area contributed by atoms with Gasteiger partial charge in [0, 0.05) is 18.0 Å². The van der Waals surface area contributed by atoms with E-state index in [1.807, 2.05) is 62.4 Å². The van der Waals surface area contributed by atoms with E-state index in [2.05, 4.69) is 10.3 Å². The van der Waals surface area contributed by atoms with E-state index in [4.69, 9.17) is 4.42 Å². The summed E-state index contributed by atoms with van der Waals surface area (Å²) in [6.07, 6.45) is 1.51. The Hall–Kier alpha value is -3.32. The Labute approximate surface area is 176 Å². The summed E-state index contributed by atoms with van der Waals surface area (Å²) in [5, 5.41) is 4.36. The molecule has 2 N–H and O–H groups in total. The van der Waals surface area contributed by atoms with Gasteiger partial charge in [-0.3, -0.25) is 9.62 Å². The molecule has 0 bridgehead atoms. The van der Waals surface area contributed by atoms with Crippen LogP contribution in [0.3, 0.4) is 0 Å². The fraction of sp³-hybridized carbons (Fsp3) is 0.174. The second-order valence-electron chi connectivity index (χ2n) is 7.00. The molecule has 2 heterocycles. The van der Waals surface area contributed by atoms with Crippen molar-refractivity contribution in [3.63, 3.8) is 0 Å². The standard InChI is InChI=1S/C23H23N3O3S/c1-3-26(19-10-5-4-6-11-19)30(27,28)20-13-14-23(24-16-20)25-17(2)22-15-18-9-7-8-12-21(18)29-22/h4-17H,3H2,1-2H3,(H,24,25)/p+1/t17-/m1/s1. The summed E-state index contributed by atoms with van der Waals surface area (Å²) < 4.78 is 33.5. The normalized spacial score (nSPS) is 12.6. The first-order valence-electron chi connectivity index (χ1n) is 9.83. The average molecular weight is 423 g/mol. The van der Waals surface area contributed by atoms with Crippen molar-refractivity contribution in [1.29, 1.82) is 0 Å². The third-order valence-corrected chi connectivity index (χ3v) is 6.85. The first kappa shape index (κ1) is 20.0. The molecule has 0 fully saturated rings. The molecule has 0 unspecified atom stereocenters. The first-order chi connectivity index (χ1) is 14.5. The zero-order chi connectivity index (χ0) is 21.1. The monoisotopic (exact) mass is 422 g/mol. The van der Waals surface area contributed by atoms with Gasteiger partial charge in [-0.05, 0) is 44.2 Å². The number of pyridine rings is 1. The van der Waals surface area contributed by atoms with Gasteiger partial charge in [-0.2, -0.15) is 0 Å². The summed E-state index contributed by atoms with van der Waals surface area (Å²) >= 11 is 0. The fourth-order valence-corrected chi connectivity index (χ4v) is 4.84. The van der Waals surface area contributed by atoms with Gasteiger partial charge in [-0.25, -0.2) is 13.4 Å². The first-order valence-corrected chi connectivity index (χ1v) is 11.3. The highest BCUT2D eigenvalue weighted by Crippen LogP contribution is 2.26. The van der Waals surface area contributed by atoms with Crippen molar-refractivity contribution in [1.82, 2.24) is 0 Å². The molecule has 0 aliphatic heterocycles. The minimum absolute atomic E-state index is 0.0902. The molecule has 2 aromatic carbocycles. The van der Waals surface area contributed by atoms with Crippen LogP contribution in [0.5, 0.6) is 0 Å². The summed E-state index contributed by atoms with van der Waals surface area (Å²) in [5.74, 6) is 1.51. The molecule has 6 nitrogen and oxygen atoms in total. The number of furan rings is 1. The maximum absolute atomic E-state index is 13.1. The number of aromatic nitrogens is 1. The van der Waals surface area contributed by atoms with Crippen LogP contribution in [0.1, 0.15) is 25.6 Å². The lowest BCUT2D eigenvalue weighted by molar-refractivity contribution is -0.364. The number of sulfonamides is 1. The number of benzene rings is 2. The van der Waals surface area contributed by atoms with Crippen LogP contribution < -0.4 is 14.6 Å². The molecule has 154 valence electrons. The van der Waals surface area contributed by atoms with Crippen molar-refractivity contribution in [3.8, 4) is 0 Å². The van der Waals surface area contributed by atoms with Crippen LogP contribution in [0, 0.1) is 0 Å². The Kier molecular flexibility index (Phi) is 5.46. The Balaban J connectivity index is 1.53. The molecule has 0 spiro atoms. The largest absolute Gasteiger partial charge is 0.457 e. The summed E-state index contributed by atoms with van der Waals surface area (Å²) in [6, 6.07) is 22.2. The minimum Gasteiger partial charge on any atom is -0.457 e. The third kappa shape index (κ3) is 3.89. The number of nitrogens with one attached hydrogen (secondary N) is 2. The minimum atomic E-state index is -3.66. The van der Waals surface area contributed by atoms with Crippen LogP contribution in [0.25, 0.3) is 11.0 Å². The fourth-order valence-electron chi connectivity index (χ4n) is 3.39. The molecule has 7 heteroatoms. The molecular formula is C23H24N3O3S+. The summed E-state index contributed by atoms with van der Waals surface area (Å²) in [4.78, 5) is 3.25. The molecule has 0 aliphatic carbocycles. The van der Waals surface area contributed by atoms with Gasteiger partial charge in [0.1, 0.15) is 28.5 Å². The highest BCUT2D eigenvalue weighted by molar-refractivity contribution is 7.92. The topological polar surface area (TPSA) is 76.7 Å². The number of fused-ring (bicyclic) bond motifs is 1. The Morgan fingerprint density at radius 3 is 2.43 bits per heavy atom. The van der Waals surface area contributed by atoms with Gasteiger partial charge < -0.3 is 4.42 Å². The van der Waals surface area contributed by atoms with Crippen molar-refractivity contribution < 1.29 is 17.8 Å². The van der Waals surface area contributed by atoms with Crippen LogP contribution in [-0.4, -0.2) is 15.0 Å². The highest BCUT2D eigenvalue weighted by atomic mass is 32.2. The molecule has 1 atom stereocenters. The Morgan fingerprint density at radius 1 is 1.03 bits per heavy atom. The third-order valence-electron chi connectivity index (χ3n) is 4.95. The molecule has 0 amide bonds. The van der Waals surface area contributed by atoms with Crippen LogP contribution >= 0.6 is 0 Å². The van der Waals surface area contributed by atoms with E-state index >= 15 is 0 Å². The average Bonchev–Trinajstić information content (AvgIpc) is 3.20. The lowest BCUT2D eigenvalue weighted by Gasteiger charge is -2.22. The number of hydrogen-bond acceptors (Lipinski definition) is 4. The van der Waals surface area contributed by atoms with Gasteiger partial charge in [0.2, 0.25) is 0 Å². The molecule has 0 aliphatic rings. The summed E-state index contributed by atoms with van der Waals surface area (Å²) in [5.41, 5.74) is 1.48. The zero-order valence-electron chi connectivity index (χ0n) is 16.9. The second kappa shape index (κ2) is 8.20. The Bertz CT molecular complexity index is 1200. The van der Waals surface area contributed by atoms with E-state index in [-0.39, 0.29) is 10.9 Å². The smallest absolute Gasteiger partial charge is 0.272 e. The maximum Gasteiger partial charge on any atom is 0.272 e. The van der Waals surface area contributed by atoms with E-state index in [1.165, 1.54) is 10.5 Å². The van der Waals surface area contributed by atoms with Gasteiger partial charge in [-0.1, -0.05) is 36.4 Å². The van der Waals surface area contributed by atoms with Crippen molar-refractivity contribution in [2.45, 2.75) is 24.8 Å². The van der Waals surface area contributed by atoms with Crippen LogP contribution in [-0.2, 0) is 10.0 Å². The highest BCUT2D eigenvalue weighted by Gasteiger charge is 2.25. The van der Waals surface area contributed by atoms with Crippen LogP contribution in [0.2, 0.25) is 0 Å². The molecular weight excluding hydrogens is 398 g/mol. The van der Waals surface area contributed by atoms with Crippen molar-refractivity contribution in [3.05, 3.63) is 84.8 Å². The maximum atomic E-state index is 13.1. The van der Waals surface area contributed by atoms with E-state index < -0.39 is 10.0 Å². The molecule has 0 radical (unpaired) electrons. The van der Waals surface area contributed by atoms with E-state index in [1.54, 1.807) is 24.3 Å². The number of nitrogens with zero attached hydrogens (tertiary/aromatic N) is 1. The molecule has 30 heavy (non-hydrogen) atoms. The second-order valence-corrected chi connectivity index (χ2v) is 8.86. The number of hydrogen-bond donors (Lipinski definition) is 1.